The molecule has 1 aliphatic heterocycles. The fourth-order valence-corrected chi connectivity index (χ4v) is 3.58. The summed E-state index contributed by atoms with van der Waals surface area (Å²) < 4.78 is 7.94. The van der Waals surface area contributed by atoms with Crippen molar-refractivity contribution in [2.75, 3.05) is 26.7 Å². The van der Waals surface area contributed by atoms with Crippen molar-refractivity contribution in [1.82, 2.24) is 25.0 Å². The van der Waals surface area contributed by atoms with Gasteiger partial charge >= 0.3 is 0 Å². The van der Waals surface area contributed by atoms with Gasteiger partial charge in [0.05, 0.1) is 12.6 Å². The Hall–Kier alpha value is -2.41. The minimum atomic E-state index is 0.116. The second-order valence-corrected chi connectivity index (χ2v) is 7.45. The first-order chi connectivity index (χ1) is 13.6. The zero-order valence-corrected chi connectivity index (χ0v) is 17.4. The van der Waals surface area contributed by atoms with Gasteiger partial charge in [0.2, 0.25) is 0 Å². The molecule has 7 heteroatoms. The molecule has 1 aromatic carbocycles. The number of hydrogen-bond donors (Lipinski definition) is 1. The molecule has 1 N–H and O–H groups in total. The number of aliphatic imine (C=N–C) groups is 1. The van der Waals surface area contributed by atoms with Crippen LogP contribution in [0.1, 0.15) is 42.8 Å². The van der Waals surface area contributed by atoms with Gasteiger partial charge < -0.3 is 15.0 Å². The minimum absolute atomic E-state index is 0.116. The maximum Gasteiger partial charge on any atom is 0.194 e. The maximum atomic E-state index is 6.15. The van der Waals surface area contributed by atoms with Crippen molar-refractivity contribution in [2.24, 2.45) is 18.0 Å². The molecular weight excluding hydrogens is 352 g/mol. The van der Waals surface area contributed by atoms with Crippen molar-refractivity contribution in [2.45, 2.75) is 39.3 Å². The first kappa shape index (κ1) is 20.3. The molecule has 1 saturated heterocycles. The zero-order chi connectivity index (χ0) is 19.9. The van der Waals surface area contributed by atoms with Crippen molar-refractivity contribution in [3.05, 3.63) is 47.5 Å². The number of ether oxygens (including phenoxy) is 1. The monoisotopic (exact) mass is 384 g/mol. The van der Waals surface area contributed by atoms with Gasteiger partial charge in [0, 0.05) is 39.7 Å². The Morgan fingerprint density at radius 3 is 2.82 bits per heavy atom. The van der Waals surface area contributed by atoms with E-state index in [1.165, 1.54) is 11.1 Å². The molecule has 1 aromatic heterocycles. The van der Waals surface area contributed by atoms with E-state index < -0.39 is 0 Å². The van der Waals surface area contributed by atoms with Crippen molar-refractivity contribution < 1.29 is 4.74 Å². The van der Waals surface area contributed by atoms with Crippen molar-refractivity contribution in [1.29, 1.82) is 0 Å². The van der Waals surface area contributed by atoms with Gasteiger partial charge in [-0.25, -0.2) is 4.98 Å². The lowest BCUT2D eigenvalue weighted by Crippen LogP contribution is -2.39. The van der Waals surface area contributed by atoms with Gasteiger partial charge in [0.15, 0.2) is 5.96 Å². The number of rotatable bonds is 6. The van der Waals surface area contributed by atoms with Crippen LogP contribution in [0.5, 0.6) is 0 Å². The molecule has 0 radical (unpaired) electrons. The summed E-state index contributed by atoms with van der Waals surface area (Å²) in [6.07, 6.45) is 3.92. The first-order valence-electron chi connectivity index (χ1n) is 10.1. The van der Waals surface area contributed by atoms with Crippen molar-refractivity contribution in [3.8, 4) is 0 Å². The molecule has 0 bridgehead atoms. The predicted molar refractivity (Wildman–Crippen MR) is 111 cm³/mol. The fraction of sp³-hybridized carbons (Fsp3) is 0.571. The van der Waals surface area contributed by atoms with Gasteiger partial charge in [-0.3, -0.25) is 9.67 Å². The largest absolute Gasteiger partial charge is 0.373 e. The molecule has 2 aromatic rings. The smallest absolute Gasteiger partial charge is 0.194 e. The molecule has 3 rings (SSSR count). The molecular formula is C21H32N6O. The van der Waals surface area contributed by atoms with Crippen LogP contribution in [0.3, 0.4) is 0 Å². The summed E-state index contributed by atoms with van der Waals surface area (Å²) in [6, 6.07) is 8.69. The average Bonchev–Trinajstić information content (AvgIpc) is 3.10. The summed E-state index contributed by atoms with van der Waals surface area (Å²) in [5, 5.41) is 7.54. The first-order valence-corrected chi connectivity index (χ1v) is 10.1. The van der Waals surface area contributed by atoms with Crippen LogP contribution in [0.4, 0.5) is 0 Å². The molecule has 2 unspecified atom stereocenters. The molecule has 2 heterocycles. The van der Waals surface area contributed by atoms with Gasteiger partial charge in [0.1, 0.15) is 12.2 Å². The van der Waals surface area contributed by atoms with Crippen molar-refractivity contribution in [3.63, 3.8) is 0 Å². The molecule has 2 atom stereocenters. The molecule has 7 nitrogen and oxygen atoms in total. The zero-order valence-electron chi connectivity index (χ0n) is 17.4. The number of guanidine groups is 1. The lowest BCUT2D eigenvalue weighted by atomic mass is 9.89. The van der Waals surface area contributed by atoms with E-state index in [-0.39, 0.29) is 6.10 Å². The van der Waals surface area contributed by atoms with Gasteiger partial charge in [0.25, 0.3) is 0 Å². The van der Waals surface area contributed by atoms with Crippen LogP contribution in [0.15, 0.2) is 35.6 Å². The predicted octanol–water partition coefficient (Wildman–Crippen LogP) is 2.69. The van der Waals surface area contributed by atoms with E-state index in [0.717, 1.165) is 44.3 Å². The highest BCUT2D eigenvalue weighted by Gasteiger charge is 2.27. The van der Waals surface area contributed by atoms with Crippen LogP contribution >= 0.6 is 0 Å². The van der Waals surface area contributed by atoms with E-state index >= 15 is 0 Å². The molecule has 1 aliphatic rings. The molecule has 0 saturated carbocycles. The van der Waals surface area contributed by atoms with Gasteiger partial charge in [-0.1, -0.05) is 29.8 Å². The van der Waals surface area contributed by atoms with E-state index in [4.69, 9.17) is 9.73 Å². The second kappa shape index (κ2) is 9.68. The van der Waals surface area contributed by atoms with Crippen LogP contribution in [0.2, 0.25) is 0 Å². The number of aryl methyl sites for hydroxylation is 2. The molecule has 152 valence electrons. The number of nitrogens with zero attached hydrogens (tertiary/aromatic N) is 5. The molecule has 0 aliphatic carbocycles. The lowest BCUT2D eigenvalue weighted by Gasteiger charge is -2.32. The van der Waals surface area contributed by atoms with E-state index in [2.05, 4.69) is 58.4 Å². The Kier molecular flexibility index (Phi) is 7.03. The SMILES string of the molecule is CCNC(=NCC1CCCOC1c1ccc(C)cc1)N(C)Cc1ncnn1C. The second-order valence-electron chi connectivity index (χ2n) is 7.45. The highest BCUT2D eigenvalue weighted by atomic mass is 16.5. The van der Waals surface area contributed by atoms with Gasteiger partial charge in [-0.15, -0.1) is 0 Å². The summed E-state index contributed by atoms with van der Waals surface area (Å²) in [5.41, 5.74) is 2.52. The Labute approximate surface area is 167 Å². The summed E-state index contributed by atoms with van der Waals surface area (Å²) in [7, 11) is 3.94. The number of aromatic nitrogens is 3. The Morgan fingerprint density at radius 1 is 1.36 bits per heavy atom. The van der Waals surface area contributed by atoms with Crippen LogP contribution < -0.4 is 5.32 Å². The van der Waals surface area contributed by atoms with Crippen LogP contribution in [-0.2, 0) is 18.3 Å². The van der Waals surface area contributed by atoms with E-state index in [1.54, 1.807) is 11.0 Å². The highest BCUT2D eigenvalue weighted by Crippen LogP contribution is 2.34. The summed E-state index contributed by atoms with van der Waals surface area (Å²) >= 11 is 0. The third kappa shape index (κ3) is 5.10. The number of hydrogen-bond acceptors (Lipinski definition) is 4. The van der Waals surface area contributed by atoms with E-state index in [1.807, 2.05) is 14.1 Å². The topological polar surface area (TPSA) is 67.6 Å². The average molecular weight is 385 g/mol. The van der Waals surface area contributed by atoms with E-state index in [9.17, 15) is 0 Å². The Morgan fingerprint density at radius 2 is 2.14 bits per heavy atom. The Balaban J connectivity index is 1.71. The molecule has 28 heavy (non-hydrogen) atoms. The molecule has 1 fully saturated rings. The standard InChI is InChI=1S/C21H32N6O/c1-5-22-21(26(3)14-19-24-15-25-27(19)4)23-13-18-7-6-12-28-20(18)17-10-8-16(2)9-11-17/h8-11,15,18,20H,5-7,12-14H2,1-4H3,(H,22,23). The summed E-state index contributed by atoms with van der Waals surface area (Å²) in [4.78, 5) is 11.3. The van der Waals surface area contributed by atoms with Gasteiger partial charge in [-0.2, -0.15) is 5.10 Å². The Bertz CT molecular complexity index is 769. The molecule has 0 spiro atoms. The van der Waals surface area contributed by atoms with Crippen LogP contribution in [-0.4, -0.2) is 52.4 Å². The van der Waals surface area contributed by atoms with Crippen LogP contribution in [0, 0.1) is 12.8 Å². The fourth-order valence-electron chi connectivity index (χ4n) is 3.58. The number of nitrogens with one attached hydrogen (secondary N) is 1. The summed E-state index contributed by atoms with van der Waals surface area (Å²) in [5.74, 6) is 2.18. The van der Waals surface area contributed by atoms with Gasteiger partial charge in [-0.05, 0) is 32.3 Å². The summed E-state index contributed by atoms with van der Waals surface area (Å²) in [6.45, 7) is 7.25. The number of benzene rings is 1. The molecule has 0 amide bonds. The lowest BCUT2D eigenvalue weighted by molar-refractivity contribution is -0.0250. The third-order valence-electron chi connectivity index (χ3n) is 5.21. The normalized spacial score (nSPS) is 20.2. The van der Waals surface area contributed by atoms with E-state index in [0.29, 0.717) is 12.5 Å². The highest BCUT2D eigenvalue weighted by molar-refractivity contribution is 5.79. The third-order valence-corrected chi connectivity index (χ3v) is 5.21. The minimum Gasteiger partial charge on any atom is -0.373 e. The quantitative estimate of drug-likeness (QED) is 0.613. The maximum absolute atomic E-state index is 6.15. The van der Waals surface area contributed by atoms with Crippen LogP contribution in [0.25, 0.3) is 0 Å². The van der Waals surface area contributed by atoms with Crippen molar-refractivity contribution >= 4 is 5.96 Å².